The van der Waals surface area contributed by atoms with Gasteiger partial charge in [-0.05, 0) is 33.1 Å². The molecule has 0 atom stereocenters. The van der Waals surface area contributed by atoms with E-state index < -0.39 is 0 Å². The summed E-state index contributed by atoms with van der Waals surface area (Å²) in [5.41, 5.74) is 4.56. The third-order valence-electron chi connectivity index (χ3n) is 6.70. The fourth-order valence-corrected chi connectivity index (χ4v) is 4.83. The highest BCUT2D eigenvalue weighted by molar-refractivity contribution is 5.79. The molecule has 5 nitrogen and oxygen atoms in total. The molecule has 4 rings (SSSR count). The lowest BCUT2D eigenvalue weighted by atomic mass is 9.88. The second-order valence-corrected chi connectivity index (χ2v) is 8.80. The van der Waals surface area contributed by atoms with E-state index in [4.69, 9.17) is 9.97 Å². The molecule has 1 aromatic heterocycles. The van der Waals surface area contributed by atoms with Crippen molar-refractivity contribution in [3.63, 3.8) is 0 Å². The summed E-state index contributed by atoms with van der Waals surface area (Å²) in [7, 11) is 0. The van der Waals surface area contributed by atoms with Gasteiger partial charge in [-0.1, -0.05) is 56.0 Å². The topological polar surface area (TPSA) is 49.3 Å². The first-order valence-electron chi connectivity index (χ1n) is 11.5. The first-order chi connectivity index (χ1) is 14.6. The van der Waals surface area contributed by atoms with Crippen molar-refractivity contribution in [2.45, 2.75) is 59.3 Å². The summed E-state index contributed by atoms with van der Waals surface area (Å²) in [6, 6.07) is 8.41. The van der Waals surface area contributed by atoms with E-state index in [2.05, 4.69) is 54.8 Å². The zero-order chi connectivity index (χ0) is 21.1. The van der Waals surface area contributed by atoms with Crippen LogP contribution in [0.1, 0.15) is 55.8 Å². The molecule has 0 unspecified atom stereocenters. The maximum atomic E-state index is 12.9. The summed E-state index contributed by atoms with van der Waals surface area (Å²) in [5.74, 6) is 2.47. The first-order valence-corrected chi connectivity index (χ1v) is 11.5. The van der Waals surface area contributed by atoms with Gasteiger partial charge < -0.3 is 9.80 Å². The molecule has 1 saturated heterocycles. The van der Waals surface area contributed by atoms with Crippen molar-refractivity contribution in [1.82, 2.24) is 14.9 Å². The van der Waals surface area contributed by atoms with Gasteiger partial charge in [0, 0.05) is 48.9 Å². The zero-order valence-corrected chi connectivity index (χ0v) is 18.7. The van der Waals surface area contributed by atoms with Crippen molar-refractivity contribution < 1.29 is 4.79 Å². The summed E-state index contributed by atoms with van der Waals surface area (Å²) >= 11 is 0. The number of carbonyl (C=O) groups excluding carboxylic acids is 1. The van der Waals surface area contributed by atoms with Gasteiger partial charge in [-0.15, -0.1) is 0 Å². The van der Waals surface area contributed by atoms with Gasteiger partial charge in [-0.2, -0.15) is 0 Å². The van der Waals surface area contributed by atoms with Crippen molar-refractivity contribution in [2.24, 2.45) is 5.92 Å². The van der Waals surface area contributed by atoms with E-state index >= 15 is 0 Å². The van der Waals surface area contributed by atoms with Crippen molar-refractivity contribution in [3.05, 3.63) is 41.1 Å². The molecule has 1 aliphatic heterocycles. The molecule has 0 bridgehead atoms. The number of hydrogen-bond acceptors (Lipinski definition) is 4. The highest BCUT2D eigenvalue weighted by atomic mass is 16.2. The van der Waals surface area contributed by atoms with Gasteiger partial charge in [-0.3, -0.25) is 4.79 Å². The summed E-state index contributed by atoms with van der Waals surface area (Å²) in [6.07, 6.45) is 6.76. The van der Waals surface area contributed by atoms with Gasteiger partial charge in [0.2, 0.25) is 5.91 Å². The van der Waals surface area contributed by atoms with E-state index in [-0.39, 0.29) is 5.92 Å². The molecule has 2 aromatic rings. The molecule has 2 aliphatic rings. The zero-order valence-electron chi connectivity index (χ0n) is 18.7. The number of benzene rings is 1. The fourth-order valence-electron chi connectivity index (χ4n) is 4.83. The van der Waals surface area contributed by atoms with Gasteiger partial charge in [0.1, 0.15) is 5.82 Å². The highest BCUT2D eigenvalue weighted by Gasteiger charge is 2.29. The van der Waals surface area contributed by atoms with Gasteiger partial charge in [0.15, 0.2) is 5.82 Å². The van der Waals surface area contributed by atoms with E-state index in [0.717, 1.165) is 68.3 Å². The lowest BCUT2D eigenvalue weighted by Gasteiger charge is -2.38. The van der Waals surface area contributed by atoms with Crippen LogP contribution < -0.4 is 4.90 Å². The molecule has 0 radical (unpaired) electrons. The molecule has 1 aliphatic carbocycles. The lowest BCUT2D eigenvalue weighted by Crippen LogP contribution is -2.51. The third kappa shape index (κ3) is 4.35. The number of aromatic nitrogens is 2. The van der Waals surface area contributed by atoms with Crippen LogP contribution in [-0.4, -0.2) is 47.0 Å². The Balaban J connectivity index is 1.52. The summed E-state index contributed by atoms with van der Waals surface area (Å²) in [5, 5.41) is 0. The van der Waals surface area contributed by atoms with Crippen LogP contribution in [0.15, 0.2) is 24.3 Å². The van der Waals surface area contributed by atoms with Crippen LogP contribution >= 0.6 is 0 Å². The van der Waals surface area contributed by atoms with Crippen LogP contribution in [0.3, 0.4) is 0 Å². The number of anilines is 1. The van der Waals surface area contributed by atoms with E-state index in [1.807, 2.05) is 0 Å². The number of carbonyl (C=O) groups is 1. The summed E-state index contributed by atoms with van der Waals surface area (Å²) < 4.78 is 0. The Bertz CT molecular complexity index is 879. The number of rotatable bonds is 4. The molecule has 160 valence electrons. The molecule has 5 heteroatoms. The molecular formula is C25H34N4O. The number of hydrogen-bond donors (Lipinski definition) is 0. The van der Waals surface area contributed by atoms with Crippen LogP contribution in [0.2, 0.25) is 0 Å². The predicted molar refractivity (Wildman–Crippen MR) is 122 cm³/mol. The Morgan fingerprint density at radius 1 is 0.967 bits per heavy atom. The lowest BCUT2D eigenvalue weighted by molar-refractivity contribution is -0.136. The first kappa shape index (κ1) is 20.8. The average molecular weight is 407 g/mol. The maximum Gasteiger partial charge on any atom is 0.225 e. The Hall–Kier alpha value is -2.43. The average Bonchev–Trinajstić information content (AvgIpc) is 2.79. The van der Waals surface area contributed by atoms with Crippen molar-refractivity contribution in [3.8, 4) is 11.4 Å². The minimum Gasteiger partial charge on any atom is -0.353 e. The van der Waals surface area contributed by atoms with Gasteiger partial charge in [-0.25, -0.2) is 9.97 Å². The Morgan fingerprint density at radius 3 is 2.27 bits per heavy atom. The third-order valence-corrected chi connectivity index (χ3v) is 6.70. The standard InChI is InChI=1S/C25H34N4O/c1-4-22-19(3)26-23(20-12-10-18(2)11-13-20)27-24(22)28-14-16-29(17-15-28)25(30)21-8-6-5-7-9-21/h10-13,21H,4-9,14-17H2,1-3H3. The van der Waals surface area contributed by atoms with Gasteiger partial charge >= 0.3 is 0 Å². The summed E-state index contributed by atoms with van der Waals surface area (Å²) in [4.78, 5) is 27.2. The number of amides is 1. The normalized spacial score (nSPS) is 18.0. The Morgan fingerprint density at radius 2 is 1.63 bits per heavy atom. The SMILES string of the molecule is CCc1c(C)nc(-c2ccc(C)cc2)nc1N1CCN(C(=O)C2CCCCC2)CC1. The van der Waals surface area contributed by atoms with Crippen molar-refractivity contribution in [1.29, 1.82) is 0 Å². The predicted octanol–water partition coefficient (Wildman–Crippen LogP) is 4.55. The molecular weight excluding hydrogens is 372 g/mol. The largest absolute Gasteiger partial charge is 0.353 e. The van der Waals surface area contributed by atoms with Crippen molar-refractivity contribution in [2.75, 3.05) is 31.1 Å². The monoisotopic (exact) mass is 406 g/mol. The van der Waals surface area contributed by atoms with Crippen LogP contribution in [0.4, 0.5) is 5.82 Å². The van der Waals surface area contributed by atoms with E-state index in [9.17, 15) is 4.79 Å². The second kappa shape index (κ2) is 9.15. The Labute approximate surface area is 180 Å². The Kier molecular flexibility index (Phi) is 6.35. The highest BCUT2D eigenvalue weighted by Crippen LogP contribution is 2.29. The second-order valence-electron chi connectivity index (χ2n) is 8.80. The van der Waals surface area contributed by atoms with E-state index in [1.165, 1.54) is 30.4 Å². The molecule has 30 heavy (non-hydrogen) atoms. The number of piperazine rings is 1. The van der Waals surface area contributed by atoms with Crippen molar-refractivity contribution >= 4 is 11.7 Å². The maximum absolute atomic E-state index is 12.9. The van der Waals surface area contributed by atoms with Crippen LogP contribution in [0.25, 0.3) is 11.4 Å². The summed E-state index contributed by atoms with van der Waals surface area (Å²) in [6.45, 7) is 9.62. The minimum absolute atomic E-state index is 0.255. The van der Waals surface area contributed by atoms with Gasteiger partial charge in [0.05, 0.1) is 0 Å². The number of nitrogens with zero attached hydrogens (tertiary/aromatic N) is 4. The van der Waals surface area contributed by atoms with Gasteiger partial charge in [0.25, 0.3) is 0 Å². The molecule has 0 spiro atoms. The van der Waals surface area contributed by atoms with E-state index in [1.54, 1.807) is 0 Å². The fraction of sp³-hybridized carbons (Fsp3) is 0.560. The van der Waals surface area contributed by atoms with E-state index in [0.29, 0.717) is 5.91 Å². The van der Waals surface area contributed by atoms with Crippen LogP contribution in [0, 0.1) is 19.8 Å². The molecule has 1 saturated carbocycles. The molecule has 0 N–H and O–H groups in total. The van der Waals surface area contributed by atoms with Crippen LogP contribution in [0.5, 0.6) is 0 Å². The smallest absolute Gasteiger partial charge is 0.225 e. The minimum atomic E-state index is 0.255. The molecule has 2 heterocycles. The molecule has 2 fully saturated rings. The molecule has 1 aromatic carbocycles. The van der Waals surface area contributed by atoms with Crippen LogP contribution in [-0.2, 0) is 11.2 Å². The number of aryl methyl sites for hydroxylation is 2. The molecule has 1 amide bonds. The quantitative estimate of drug-likeness (QED) is 0.747.